The van der Waals surface area contributed by atoms with E-state index in [1.165, 1.54) is 135 Å². The number of nitrogens with zero attached hydrogens (tertiary/aromatic N) is 1. The van der Waals surface area contributed by atoms with Crippen LogP contribution in [-0.2, 0) is 0 Å². The number of hydrogen-bond acceptors (Lipinski definition) is 1. The zero-order valence-electron chi connectivity index (χ0n) is 21.2. The molecule has 0 saturated heterocycles. The predicted octanol–water partition coefficient (Wildman–Crippen LogP) is 9.85. The fourth-order valence-electron chi connectivity index (χ4n) is 7.96. The van der Waals surface area contributed by atoms with Crippen molar-refractivity contribution in [2.24, 2.45) is 35.0 Å². The third kappa shape index (κ3) is 6.98. The van der Waals surface area contributed by atoms with Gasteiger partial charge in [0.05, 0.1) is 11.5 Å². The summed E-state index contributed by atoms with van der Waals surface area (Å²) >= 11 is 0. The van der Waals surface area contributed by atoms with Crippen LogP contribution >= 0.6 is 0 Å². The predicted molar refractivity (Wildman–Crippen MR) is 134 cm³/mol. The van der Waals surface area contributed by atoms with Gasteiger partial charge in [0, 0.05) is 0 Å². The van der Waals surface area contributed by atoms with Gasteiger partial charge >= 0.3 is 0 Å². The summed E-state index contributed by atoms with van der Waals surface area (Å²) in [5, 5.41) is 10.3. The van der Waals surface area contributed by atoms with E-state index in [1.807, 2.05) is 0 Å². The van der Waals surface area contributed by atoms with Crippen molar-refractivity contribution in [2.75, 3.05) is 0 Å². The highest BCUT2D eigenvalue weighted by Gasteiger charge is 2.45. The van der Waals surface area contributed by atoms with E-state index in [1.54, 1.807) is 0 Å². The van der Waals surface area contributed by atoms with Crippen LogP contribution in [0.15, 0.2) is 0 Å². The Hall–Kier alpha value is -0.510. The number of unbranched alkanes of at least 4 members (excludes halogenated alkanes) is 5. The molecule has 0 aromatic heterocycles. The third-order valence-electron chi connectivity index (χ3n) is 9.96. The lowest BCUT2D eigenvalue weighted by molar-refractivity contribution is 0.0447. The SMILES string of the molecule is CCCCCCC[C@@]1(C#N)CCCC[C@H]1C1CCC(C2CCC(CCCC)CC2)CC1. The second-order valence-electron chi connectivity index (χ2n) is 11.9. The summed E-state index contributed by atoms with van der Waals surface area (Å²) in [4.78, 5) is 0. The molecule has 2 atom stereocenters. The highest BCUT2D eigenvalue weighted by atomic mass is 14.5. The van der Waals surface area contributed by atoms with E-state index in [4.69, 9.17) is 0 Å². The average Bonchev–Trinajstić information content (AvgIpc) is 2.83. The van der Waals surface area contributed by atoms with Gasteiger partial charge in [-0.25, -0.2) is 0 Å². The van der Waals surface area contributed by atoms with E-state index in [9.17, 15) is 5.26 Å². The van der Waals surface area contributed by atoms with Crippen LogP contribution in [0.2, 0.25) is 0 Å². The molecule has 3 saturated carbocycles. The zero-order valence-corrected chi connectivity index (χ0v) is 21.2. The van der Waals surface area contributed by atoms with Crippen molar-refractivity contribution in [1.82, 2.24) is 0 Å². The molecule has 0 unspecified atom stereocenters. The average molecular weight is 428 g/mol. The van der Waals surface area contributed by atoms with Gasteiger partial charge in [0.1, 0.15) is 0 Å². The molecule has 3 aliphatic rings. The Balaban J connectivity index is 1.47. The minimum atomic E-state index is 0.0271. The Morgan fingerprint density at radius 3 is 1.94 bits per heavy atom. The maximum atomic E-state index is 10.3. The van der Waals surface area contributed by atoms with Gasteiger partial charge in [-0.3, -0.25) is 0 Å². The molecule has 178 valence electrons. The monoisotopic (exact) mass is 427 g/mol. The molecule has 3 aliphatic carbocycles. The molecule has 0 spiro atoms. The quantitative estimate of drug-likeness (QED) is 0.301. The molecule has 0 aliphatic heterocycles. The Morgan fingerprint density at radius 2 is 1.29 bits per heavy atom. The van der Waals surface area contributed by atoms with Crippen molar-refractivity contribution in [2.45, 2.75) is 149 Å². The minimum Gasteiger partial charge on any atom is -0.198 e. The number of nitriles is 1. The summed E-state index contributed by atoms with van der Waals surface area (Å²) in [5.41, 5.74) is 0.0271. The van der Waals surface area contributed by atoms with Crippen LogP contribution < -0.4 is 0 Å². The number of hydrogen-bond donors (Lipinski definition) is 0. The lowest BCUT2D eigenvalue weighted by Gasteiger charge is -2.46. The van der Waals surface area contributed by atoms with Gasteiger partial charge in [-0.05, 0) is 87.4 Å². The van der Waals surface area contributed by atoms with Gasteiger partial charge in [0.2, 0.25) is 0 Å². The maximum absolute atomic E-state index is 10.3. The molecule has 0 bridgehead atoms. The molecular weight excluding hydrogens is 374 g/mol. The van der Waals surface area contributed by atoms with Gasteiger partial charge in [0.15, 0.2) is 0 Å². The summed E-state index contributed by atoms with van der Waals surface area (Å²) in [7, 11) is 0. The van der Waals surface area contributed by atoms with Crippen molar-refractivity contribution in [3.05, 3.63) is 0 Å². The first kappa shape index (κ1) is 25.1. The Kier molecular flexibility index (Phi) is 10.7. The van der Waals surface area contributed by atoms with Crippen LogP contribution in [-0.4, -0.2) is 0 Å². The zero-order chi connectivity index (χ0) is 21.9. The maximum Gasteiger partial charge on any atom is 0.0692 e. The third-order valence-corrected chi connectivity index (χ3v) is 9.96. The first-order valence-corrected chi connectivity index (χ1v) is 14.6. The van der Waals surface area contributed by atoms with Crippen LogP contribution in [0.3, 0.4) is 0 Å². The molecule has 1 heteroatoms. The van der Waals surface area contributed by atoms with E-state index < -0.39 is 0 Å². The Labute approximate surface area is 195 Å². The van der Waals surface area contributed by atoms with Gasteiger partial charge in [-0.15, -0.1) is 0 Å². The highest BCUT2D eigenvalue weighted by Crippen LogP contribution is 2.53. The van der Waals surface area contributed by atoms with Gasteiger partial charge in [-0.2, -0.15) is 5.26 Å². The van der Waals surface area contributed by atoms with Crippen molar-refractivity contribution < 1.29 is 0 Å². The van der Waals surface area contributed by atoms with E-state index in [0.29, 0.717) is 5.92 Å². The highest BCUT2D eigenvalue weighted by molar-refractivity contribution is 5.07. The summed E-state index contributed by atoms with van der Waals surface area (Å²) in [6.07, 6.45) is 29.3. The molecule has 0 N–H and O–H groups in total. The number of rotatable bonds is 11. The summed E-state index contributed by atoms with van der Waals surface area (Å²) < 4.78 is 0. The van der Waals surface area contributed by atoms with Crippen LogP contribution in [0.25, 0.3) is 0 Å². The Bertz CT molecular complexity index is 517. The van der Waals surface area contributed by atoms with E-state index in [2.05, 4.69) is 19.9 Å². The minimum absolute atomic E-state index is 0.0271. The molecule has 0 radical (unpaired) electrons. The van der Waals surface area contributed by atoms with Gasteiger partial charge < -0.3 is 0 Å². The molecule has 3 fully saturated rings. The lowest BCUT2D eigenvalue weighted by Crippen LogP contribution is -2.39. The normalized spacial score (nSPS) is 36.7. The van der Waals surface area contributed by atoms with E-state index in [0.717, 1.165) is 23.7 Å². The van der Waals surface area contributed by atoms with Crippen LogP contribution in [0, 0.1) is 46.3 Å². The largest absolute Gasteiger partial charge is 0.198 e. The standard InChI is InChI=1S/C30H53N/c1-3-5-7-8-10-22-30(24-31)23-11-9-13-29(30)28-20-18-27(19-21-28)26-16-14-25(15-17-26)12-6-4-2/h25-29H,3-23H2,1-2H3/t25?,26?,27?,28?,29-,30-/m0/s1. The fourth-order valence-corrected chi connectivity index (χ4v) is 7.96. The van der Waals surface area contributed by atoms with Crippen molar-refractivity contribution in [3.63, 3.8) is 0 Å². The van der Waals surface area contributed by atoms with Crippen LogP contribution in [0.1, 0.15) is 149 Å². The molecule has 3 rings (SSSR count). The lowest BCUT2D eigenvalue weighted by atomic mass is 9.57. The summed E-state index contributed by atoms with van der Waals surface area (Å²) in [5.74, 6) is 4.65. The second-order valence-corrected chi connectivity index (χ2v) is 11.9. The first-order valence-electron chi connectivity index (χ1n) is 14.6. The first-order chi connectivity index (χ1) is 15.2. The van der Waals surface area contributed by atoms with Crippen molar-refractivity contribution in [1.29, 1.82) is 5.26 Å². The second kappa shape index (κ2) is 13.3. The Morgan fingerprint density at radius 1 is 0.677 bits per heavy atom. The smallest absolute Gasteiger partial charge is 0.0692 e. The summed E-state index contributed by atoms with van der Waals surface area (Å²) in [6.45, 7) is 4.63. The van der Waals surface area contributed by atoms with Crippen LogP contribution in [0.4, 0.5) is 0 Å². The van der Waals surface area contributed by atoms with E-state index in [-0.39, 0.29) is 5.41 Å². The molecule has 0 heterocycles. The molecule has 0 amide bonds. The van der Waals surface area contributed by atoms with Crippen LogP contribution in [0.5, 0.6) is 0 Å². The van der Waals surface area contributed by atoms with Crippen molar-refractivity contribution in [3.8, 4) is 6.07 Å². The van der Waals surface area contributed by atoms with Gasteiger partial charge in [-0.1, -0.05) is 90.9 Å². The molecular formula is C30H53N. The van der Waals surface area contributed by atoms with Gasteiger partial charge in [0.25, 0.3) is 0 Å². The molecule has 0 aromatic rings. The van der Waals surface area contributed by atoms with E-state index >= 15 is 0 Å². The topological polar surface area (TPSA) is 23.8 Å². The van der Waals surface area contributed by atoms with Crippen molar-refractivity contribution >= 4 is 0 Å². The molecule has 31 heavy (non-hydrogen) atoms. The fraction of sp³-hybridized carbons (Fsp3) is 0.967. The molecule has 1 nitrogen and oxygen atoms in total. The summed E-state index contributed by atoms with van der Waals surface area (Å²) in [6, 6.07) is 2.95. The molecule has 0 aromatic carbocycles.